The topological polar surface area (TPSA) is 51.2 Å². The number of benzene rings is 1. The third-order valence-corrected chi connectivity index (χ3v) is 5.96. The van der Waals surface area contributed by atoms with Crippen LogP contribution in [0.25, 0.3) is 0 Å². The van der Waals surface area contributed by atoms with Crippen molar-refractivity contribution < 1.29 is 14.4 Å². The molecule has 0 heterocycles. The largest absolute Gasteiger partial charge is 0.300 e. The summed E-state index contributed by atoms with van der Waals surface area (Å²) in [6, 6.07) is 4.24. The number of ketones is 3. The molecule has 1 aliphatic rings. The van der Waals surface area contributed by atoms with Crippen molar-refractivity contribution in [1.29, 1.82) is 0 Å². The van der Waals surface area contributed by atoms with E-state index in [0.29, 0.717) is 12.3 Å². The number of aryl methyl sites for hydroxylation is 2. The maximum atomic E-state index is 12.8. The van der Waals surface area contributed by atoms with Crippen LogP contribution in [0.1, 0.15) is 86.3 Å². The zero-order chi connectivity index (χ0) is 20.1. The quantitative estimate of drug-likeness (QED) is 0.545. The fourth-order valence-corrected chi connectivity index (χ4v) is 5.01. The van der Waals surface area contributed by atoms with E-state index in [1.807, 2.05) is 13.8 Å². The fraction of sp³-hybridized carbons (Fsp3) is 0.625. The predicted octanol–water partition coefficient (Wildman–Crippen LogP) is 5.43. The van der Waals surface area contributed by atoms with Gasteiger partial charge in [-0.05, 0) is 63.0 Å². The van der Waals surface area contributed by atoms with Crippen molar-refractivity contribution in [3.8, 4) is 0 Å². The van der Waals surface area contributed by atoms with Gasteiger partial charge in [-0.3, -0.25) is 14.4 Å². The summed E-state index contributed by atoms with van der Waals surface area (Å²) in [5.74, 6) is 0.764. The molecule has 0 N–H and O–H groups in total. The van der Waals surface area contributed by atoms with E-state index in [2.05, 4.69) is 26.0 Å². The van der Waals surface area contributed by atoms with Gasteiger partial charge in [-0.2, -0.15) is 0 Å². The number of fused-ring (bicyclic) bond motifs is 1. The van der Waals surface area contributed by atoms with Crippen LogP contribution < -0.4 is 0 Å². The van der Waals surface area contributed by atoms with E-state index < -0.39 is 0 Å². The van der Waals surface area contributed by atoms with Gasteiger partial charge in [0.2, 0.25) is 0 Å². The molecule has 0 saturated carbocycles. The zero-order valence-corrected chi connectivity index (χ0v) is 17.6. The molecule has 0 spiro atoms. The molecule has 0 fully saturated rings. The van der Waals surface area contributed by atoms with Crippen molar-refractivity contribution in [1.82, 2.24) is 0 Å². The van der Waals surface area contributed by atoms with Crippen LogP contribution in [0.4, 0.5) is 0 Å². The van der Waals surface area contributed by atoms with Gasteiger partial charge in [-0.1, -0.05) is 44.4 Å². The summed E-state index contributed by atoms with van der Waals surface area (Å²) in [6.45, 7) is 9.77. The molecule has 0 saturated heterocycles. The van der Waals surface area contributed by atoms with Crippen molar-refractivity contribution >= 4 is 17.3 Å². The molecule has 0 aliphatic heterocycles. The van der Waals surface area contributed by atoms with Gasteiger partial charge in [0.25, 0.3) is 0 Å². The van der Waals surface area contributed by atoms with Crippen molar-refractivity contribution in [2.24, 2.45) is 17.8 Å². The minimum Gasteiger partial charge on any atom is -0.300 e. The van der Waals surface area contributed by atoms with Crippen molar-refractivity contribution in [2.75, 3.05) is 0 Å². The molecule has 27 heavy (non-hydrogen) atoms. The number of carbonyl (C=O) groups is 3. The third-order valence-electron chi connectivity index (χ3n) is 5.96. The van der Waals surface area contributed by atoms with Crippen LogP contribution in [-0.2, 0) is 16.0 Å². The van der Waals surface area contributed by atoms with Crippen LogP contribution in [0, 0.1) is 31.6 Å². The lowest BCUT2D eigenvalue weighted by atomic mass is 9.72. The highest BCUT2D eigenvalue weighted by molar-refractivity contribution is 6.00. The molecule has 148 valence electrons. The Labute approximate surface area is 163 Å². The standard InChI is InChI=1S/C24H34O3/c1-6-8-19(21(7-2)22(26)11-17(5)25)12-18-13-20-10-15(3)9-16(4)24(20)23(27)14-18/h9-10,18-19,21H,6-8,11-14H2,1-5H3. The molecule has 3 unspecified atom stereocenters. The van der Waals surface area contributed by atoms with Crippen LogP contribution in [0.15, 0.2) is 12.1 Å². The van der Waals surface area contributed by atoms with Crippen molar-refractivity contribution in [2.45, 2.75) is 79.6 Å². The second-order valence-corrected chi connectivity index (χ2v) is 8.46. The Bertz CT molecular complexity index is 717. The monoisotopic (exact) mass is 370 g/mol. The van der Waals surface area contributed by atoms with Gasteiger partial charge in [0, 0.05) is 17.9 Å². The molecule has 1 aromatic carbocycles. The average Bonchev–Trinajstić information content (AvgIpc) is 2.53. The maximum absolute atomic E-state index is 12.8. The third kappa shape index (κ3) is 5.37. The summed E-state index contributed by atoms with van der Waals surface area (Å²) >= 11 is 0. The molecule has 0 aromatic heterocycles. The van der Waals surface area contributed by atoms with E-state index in [1.165, 1.54) is 18.1 Å². The summed E-state index contributed by atoms with van der Waals surface area (Å²) < 4.78 is 0. The van der Waals surface area contributed by atoms with Crippen LogP contribution in [0.5, 0.6) is 0 Å². The van der Waals surface area contributed by atoms with Gasteiger partial charge in [0.15, 0.2) is 5.78 Å². The minimum atomic E-state index is -0.0652. The van der Waals surface area contributed by atoms with E-state index in [9.17, 15) is 14.4 Å². The van der Waals surface area contributed by atoms with Gasteiger partial charge in [-0.25, -0.2) is 0 Å². The van der Waals surface area contributed by atoms with Gasteiger partial charge in [-0.15, -0.1) is 0 Å². The summed E-state index contributed by atoms with van der Waals surface area (Å²) in [5.41, 5.74) is 4.38. The molecule has 0 radical (unpaired) electrons. The van der Waals surface area contributed by atoms with Crippen molar-refractivity contribution in [3.63, 3.8) is 0 Å². The van der Waals surface area contributed by atoms with Gasteiger partial charge >= 0.3 is 0 Å². The molecule has 1 aliphatic carbocycles. The second-order valence-electron chi connectivity index (χ2n) is 8.46. The van der Waals surface area contributed by atoms with E-state index in [4.69, 9.17) is 0 Å². The lowest BCUT2D eigenvalue weighted by Crippen LogP contribution is -2.29. The highest BCUT2D eigenvalue weighted by Crippen LogP contribution is 2.36. The normalized spacial score (nSPS) is 18.7. The Morgan fingerprint density at radius 3 is 2.44 bits per heavy atom. The average molecular weight is 371 g/mol. The lowest BCUT2D eigenvalue weighted by molar-refractivity contribution is -0.129. The Morgan fingerprint density at radius 1 is 1.15 bits per heavy atom. The summed E-state index contributed by atoms with van der Waals surface area (Å²) in [6.07, 6.45) is 5.20. The molecule has 3 nitrogen and oxygen atoms in total. The number of rotatable bonds is 9. The highest BCUT2D eigenvalue weighted by Gasteiger charge is 2.32. The molecule has 3 atom stereocenters. The van der Waals surface area contributed by atoms with E-state index in [-0.39, 0.29) is 35.6 Å². The summed E-state index contributed by atoms with van der Waals surface area (Å²) in [5, 5.41) is 0. The number of Topliss-reactive ketones (excluding diaryl/α,β-unsaturated/α-hetero) is 3. The minimum absolute atomic E-state index is 0.0452. The maximum Gasteiger partial charge on any atom is 0.163 e. The molecule has 3 heteroatoms. The van der Waals surface area contributed by atoms with Crippen LogP contribution in [0.2, 0.25) is 0 Å². The summed E-state index contributed by atoms with van der Waals surface area (Å²) in [7, 11) is 0. The van der Waals surface area contributed by atoms with Gasteiger partial charge in [0.1, 0.15) is 11.6 Å². The number of carbonyl (C=O) groups excluding carboxylic acids is 3. The Hall–Kier alpha value is -1.77. The molecule has 0 amide bonds. The Kier molecular flexibility index (Phi) is 7.52. The zero-order valence-electron chi connectivity index (χ0n) is 17.6. The smallest absolute Gasteiger partial charge is 0.163 e. The summed E-state index contributed by atoms with van der Waals surface area (Å²) in [4.78, 5) is 36.8. The number of hydrogen-bond acceptors (Lipinski definition) is 3. The van der Waals surface area contributed by atoms with Gasteiger partial charge < -0.3 is 0 Å². The highest BCUT2D eigenvalue weighted by atomic mass is 16.1. The van der Waals surface area contributed by atoms with Crippen molar-refractivity contribution in [3.05, 3.63) is 34.4 Å². The number of hydrogen-bond donors (Lipinski definition) is 0. The second kappa shape index (κ2) is 9.43. The fourth-order valence-electron chi connectivity index (χ4n) is 5.01. The predicted molar refractivity (Wildman–Crippen MR) is 109 cm³/mol. The molecule has 0 bridgehead atoms. The van der Waals surface area contributed by atoms with E-state index in [0.717, 1.165) is 43.2 Å². The first-order chi connectivity index (χ1) is 12.8. The molecule has 1 aromatic rings. The molecular formula is C24H34O3. The lowest BCUT2D eigenvalue weighted by Gasteiger charge is -2.31. The first-order valence-electron chi connectivity index (χ1n) is 10.4. The Morgan fingerprint density at radius 2 is 1.85 bits per heavy atom. The Balaban J connectivity index is 2.19. The van der Waals surface area contributed by atoms with E-state index in [1.54, 1.807) is 0 Å². The van der Waals surface area contributed by atoms with Gasteiger partial charge in [0.05, 0.1) is 6.42 Å². The molecule has 2 rings (SSSR count). The van der Waals surface area contributed by atoms with E-state index >= 15 is 0 Å². The SMILES string of the molecule is CCCC(CC1CC(=O)c2c(C)cc(C)cc2C1)C(CC)C(=O)CC(C)=O. The first kappa shape index (κ1) is 21.5. The van der Waals surface area contributed by atoms with Crippen LogP contribution in [-0.4, -0.2) is 17.3 Å². The molecular weight excluding hydrogens is 336 g/mol. The van der Waals surface area contributed by atoms with Crippen LogP contribution in [0.3, 0.4) is 0 Å². The first-order valence-corrected chi connectivity index (χ1v) is 10.4. The van der Waals surface area contributed by atoms with Crippen LogP contribution >= 0.6 is 0 Å².